The number of benzene rings is 1. The van der Waals surface area contributed by atoms with Gasteiger partial charge in [0.15, 0.2) is 0 Å². The average molecular weight is 333 g/mol. The first-order chi connectivity index (χ1) is 9.69. The fraction of sp³-hybridized carbons (Fsp3) is 0.0667. The standard InChI is InChI=1S/C15H13BrN2O2/c1-20-12-7-4-11(5-8-12)6-9-14(19)18-13-3-2-10-17-15(13)16/h2-10H,1H3,(H,18,19)/b9-6+. The molecule has 5 heteroatoms. The van der Waals surface area contributed by atoms with Gasteiger partial charge >= 0.3 is 0 Å². The molecular weight excluding hydrogens is 320 g/mol. The van der Waals surface area contributed by atoms with Crippen molar-refractivity contribution in [2.24, 2.45) is 0 Å². The molecule has 102 valence electrons. The maximum absolute atomic E-state index is 11.8. The minimum Gasteiger partial charge on any atom is -0.497 e. The molecule has 1 N–H and O–H groups in total. The topological polar surface area (TPSA) is 51.2 Å². The predicted octanol–water partition coefficient (Wildman–Crippen LogP) is 3.50. The maximum Gasteiger partial charge on any atom is 0.248 e. The van der Waals surface area contributed by atoms with E-state index in [-0.39, 0.29) is 5.91 Å². The van der Waals surface area contributed by atoms with Crippen molar-refractivity contribution in [2.45, 2.75) is 0 Å². The monoisotopic (exact) mass is 332 g/mol. The van der Waals surface area contributed by atoms with Crippen LogP contribution in [0.3, 0.4) is 0 Å². The van der Waals surface area contributed by atoms with Crippen LogP contribution in [-0.2, 0) is 4.79 Å². The van der Waals surface area contributed by atoms with Crippen LogP contribution in [0.5, 0.6) is 5.75 Å². The van der Waals surface area contributed by atoms with Gasteiger partial charge in [0, 0.05) is 12.3 Å². The summed E-state index contributed by atoms with van der Waals surface area (Å²) in [5.41, 5.74) is 1.56. The first-order valence-electron chi connectivity index (χ1n) is 5.92. The Morgan fingerprint density at radius 3 is 2.70 bits per heavy atom. The number of rotatable bonds is 4. The molecule has 1 amide bonds. The number of pyridine rings is 1. The number of halogens is 1. The van der Waals surface area contributed by atoms with Gasteiger partial charge in [-0.15, -0.1) is 0 Å². The van der Waals surface area contributed by atoms with E-state index in [1.54, 1.807) is 31.5 Å². The number of methoxy groups -OCH3 is 1. The van der Waals surface area contributed by atoms with Crippen LogP contribution in [0.15, 0.2) is 53.3 Å². The minimum atomic E-state index is -0.213. The predicted molar refractivity (Wildman–Crippen MR) is 82.6 cm³/mol. The van der Waals surface area contributed by atoms with Gasteiger partial charge in [0.1, 0.15) is 10.4 Å². The third-order valence-electron chi connectivity index (χ3n) is 2.56. The van der Waals surface area contributed by atoms with Crippen molar-refractivity contribution in [2.75, 3.05) is 12.4 Å². The summed E-state index contributed by atoms with van der Waals surface area (Å²) in [5, 5.41) is 2.74. The van der Waals surface area contributed by atoms with Crippen molar-refractivity contribution in [1.29, 1.82) is 0 Å². The summed E-state index contributed by atoms with van der Waals surface area (Å²) in [6.07, 6.45) is 4.85. The Morgan fingerprint density at radius 1 is 1.30 bits per heavy atom. The number of carbonyl (C=O) groups is 1. The number of hydrogen-bond acceptors (Lipinski definition) is 3. The summed E-state index contributed by atoms with van der Waals surface area (Å²) in [7, 11) is 1.62. The molecule has 1 heterocycles. The van der Waals surface area contributed by atoms with Crippen LogP contribution in [0.25, 0.3) is 6.08 Å². The van der Waals surface area contributed by atoms with Gasteiger partial charge in [-0.2, -0.15) is 0 Å². The van der Waals surface area contributed by atoms with E-state index >= 15 is 0 Å². The Balaban J connectivity index is 2.00. The molecule has 1 aromatic heterocycles. The lowest BCUT2D eigenvalue weighted by Crippen LogP contribution is -2.08. The molecule has 0 aliphatic rings. The van der Waals surface area contributed by atoms with Crippen LogP contribution < -0.4 is 10.1 Å². The first kappa shape index (κ1) is 14.3. The highest BCUT2D eigenvalue weighted by Crippen LogP contribution is 2.18. The molecule has 0 spiro atoms. The number of aromatic nitrogens is 1. The summed E-state index contributed by atoms with van der Waals surface area (Å²) >= 11 is 3.27. The lowest BCUT2D eigenvalue weighted by atomic mass is 10.2. The van der Waals surface area contributed by atoms with Gasteiger partial charge in [0.2, 0.25) is 5.91 Å². The van der Waals surface area contributed by atoms with Crippen molar-refractivity contribution < 1.29 is 9.53 Å². The van der Waals surface area contributed by atoms with E-state index in [4.69, 9.17) is 4.74 Å². The number of amides is 1. The van der Waals surface area contributed by atoms with E-state index in [0.29, 0.717) is 10.3 Å². The van der Waals surface area contributed by atoms with Crippen LogP contribution in [0.1, 0.15) is 5.56 Å². The summed E-state index contributed by atoms with van der Waals surface area (Å²) in [6.45, 7) is 0. The molecule has 0 radical (unpaired) electrons. The number of nitrogens with zero attached hydrogens (tertiary/aromatic N) is 1. The molecule has 0 aliphatic carbocycles. The smallest absolute Gasteiger partial charge is 0.248 e. The maximum atomic E-state index is 11.8. The molecule has 0 bridgehead atoms. The minimum absolute atomic E-state index is 0.213. The number of ether oxygens (including phenoxy) is 1. The molecule has 2 rings (SSSR count). The largest absolute Gasteiger partial charge is 0.497 e. The van der Waals surface area contributed by atoms with Gasteiger partial charge in [-0.3, -0.25) is 4.79 Å². The Morgan fingerprint density at radius 2 is 2.05 bits per heavy atom. The molecule has 0 atom stereocenters. The number of hydrogen-bond donors (Lipinski definition) is 1. The highest BCUT2D eigenvalue weighted by Gasteiger charge is 2.02. The summed E-state index contributed by atoms with van der Waals surface area (Å²) in [4.78, 5) is 15.8. The quantitative estimate of drug-likeness (QED) is 0.688. The Kier molecular flexibility index (Phi) is 4.90. The number of nitrogens with one attached hydrogen (secondary N) is 1. The fourth-order valence-corrected chi connectivity index (χ4v) is 1.89. The van der Waals surface area contributed by atoms with Gasteiger partial charge < -0.3 is 10.1 Å². The van der Waals surface area contributed by atoms with Gasteiger partial charge in [-0.25, -0.2) is 4.98 Å². The number of carbonyl (C=O) groups excluding carboxylic acids is 1. The molecule has 0 aliphatic heterocycles. The van der Waals surface area contributed by atoms with Gasteiger partial charge in [0.25, 0.3) is 0 Å². The number of anilines is 1. The second-order valence-electron chi connectivity index (χ2n) is 3.94. The molecule has 1 aromatic carbocycles. The molecule has 0 unspecified atom stereocenters. The molecular formula is C15H13BrN2O2. The lowest BCUT2D eigenvalue weighted by Gasteiger charge is -2.03. The molecule has 0 saturated carbocycles. The van der Waals surface area contributed by atoms with Crippen LogP contribution >= 0.6 is 15.9 Å². The average Bonchev–Trinajstić information content (AvgIpc) is 2.48. The summed E-state index contributed by atoms with van der Waals surface area (Å²) in [5.74, 6) is 0.570. The van der Waals surface area contributed by atoms with Crippen molar-refractivity contribution >= 4 is 33.6 Å². The van der Waals surface area contributed by atoms with E-state index < -0.39 is 0 Å². The van der Waals surface area contributed by atoms with E-state index in [2.05, 4.69) is 26.2 Å². The first-order valence-corrected chi connectivity index (χ1v) is 6.72. The van der Waals surface area contributed by atoms with E-state index in [1.165, 1.54) is 6.08 Å². The van der Waals surface area contributed by atoms with Crippen LogP contribution in [-0.4, -0.2) is 18.0 Å². The summed E-state index contributed by atoms with van der Waals surface area (Å²) in [6, 6.07) is 11.0. The van der Waals surface area contributed by atoms with Gasteiger partial charge in [-0.1, -0.05) is 12.1 Å². The van der Waals surface area contributed by atoms with Crippen LogP contribution in [0, 0.1) is 0 Å². The van der Waals surface area contributed by atoms with E-state index in [1.807, 2.05) is 24.3 Å². The van der Waals surface area contributed by atoms with Crippen molar-refractivity contribution in [3.05, 3.63) is 58.8 Å². The van der Waals surface area contributed by atoms with Crippen molar-refractivity contribution in [3.8, 4) is 5.75 Å². The van der Waals surface area contributed by atoms with Crippen LogP contribution in [0.4, 0.5) is 5.69 Å². The normalized spacial score (nSPS) is 10.5. The Hall–Kier alpha value is -2.14. The zero-order valence-corrected chi connectivity index (χ0v) is 12.4. The molecule has 0 fully saturated rings. The second kappa shape index (κ2) is 6.86. The third kappa shape index (κ3) is 3.93. The lowest BCUT2D eigenvalue weighted by molar-refractivity contribution is -0.111. The van der Waals surface area contributed by atoms with Gasteiger partial charge in [-0.05, 0) is 51.8 Å². The zero-order valence-electron chi connectivity index (χ0n) is 10.8. The van der Waals surface area contributed by atoms with Crippen molar-refractivity contribution in [3.63, 3.8) is 0 Å². The Labute approximate surface area is 125 Å². The van der Waals surface area contributed by atoms with E-state index in [9.17, 15) is 4.79 Å². The Bertz CT molecular complexity index is 624. The molecule has 20 heavy (non-hydrogen) atoms. The molecule has 2 aromatic rings. The highest BCUT2D eigenvalue weighted by molar-refractivity contribution is 9.10. The third-order valence-corrected chi connectivity index (χ3v) is 3.19. The second-order valence-corrected chi connectivity index (χ2v) is 4.69. The highest BCUT2D eigenvalue weighted by atomic mass is 79.9. The van der Waals surface area contributed by atoms with Crippen LogP contribution in [0.2, 0.25) is 0 Å². The SMILES string of the molecule is COc1ccc(/C=C/C(=O)Nc2cccnc2Br)cc1. The molecule has 4 nitrogen and oxygen atoms in total. The summed E-state index contributed by atoms with van der Waals surface area (Å²) < 4.78 is 5.67. The fourth-order valence-electron chi connectivity index (χ4n) is 1.54. The zero-order chi connectivity index (χ0) is 14.4. The van der Waals surface area contributed by atoms with Gasteiger partial charge in [0.05, 0.1) is 12.8 Å². The molecule has 0 saturated heterocycles. The van der Waals surface area contributed by atoms with Crippen molar-refractivity contribution in [1.82, 2.24) is 4.98 Å². The van der Waals surface area contributed by atoms with E-state index in [0.717, 1.165) is 11.3 Å².